The second kappa shape index (κ2) is 5.03. The molecule has 0 amide bonds. The number of carbonyl (C=O) groups is 2. The molecule has 126 valence electrons. The second-order valence-corrected chi connectivity index (χ2v) is 6.56. The molecule has 2 saturated carbocycles. The fraction of sp³-hybridized carbons (Fsp3) is 0.529. The van der Waals surface area contributed by atoms with Crippen molar-refractivity contribution in [3.8, 4) is 0 Å². The van der Waals surface area contributed by atoms with Crippen molar-refractivity contribution < 1.29 is 19.1 Å². The lowest BCUT2D eigenvalue weighted by Crippen LogP contribution is -2.70. The summed E-state index contributed by atoms with van der Waals surface area (Å²) in [4.78, 5) is 25.8. The summed E-state index contributed by atoms with van der Waals surface area (Å²) < 4.78 is 10.2. The lowest BCUT2D eigenvalue weighted by atomic mass is 9.66. The minimum absolute atomic E-state index is 0.0516. The van der Waals surface area contributed by atoms with E-state index in [2.05, 4.69) is 10.3 Å². The van der Waals surface area contributed by atoms with Crippen molar-refractivity contribution in [1.82, 2.24) is 0 Å². The highest BCUT2D eigenvalue weighted by molar-refractivity contribution is 6.00. The van der Waals surface area contributed by atoms with E-state index in [9.17, 15) is 9.59 Å². The number of ether oxygens (including phenoxy) is 2. The first-order valence-electron chi connectivity index (χ1n) is 8.07. The Morgan fingerprint density at radius 3 is 2.42 bits per heavy atom. The zero-order chi connectivity index (χ0) is 16.9. The predicted molar refractivity (Wildman–Crippen MR) is 84.1 cm³/mol. The van der Waals surface area contributed by atoms with Crippen LogP contribution in [0, 0.1) is 11.8 Å². The maximum Gasteiger partial charge on any atom is 0.339 e. The first-order valence-corrected chi connectivity index (χ1v) is 8.07. The van der Waals surface area contributed by atoms with Crippen LogP contribution in [0.2, 0.25) is 0 Å². The summed E-state index contributed by atoms with van der Waals surface area (Å²) in [6.45, 7) is 0. The molecule has 4 rings (SSSR count). The summed E-state index contributed by atoms with van der Waals surface area (Å²) in [5.41, 5.74) is -1.88. The van der Waals surface area contributed by atoms with Gasteiger partial charge in [0, 0.05) is 5.92 Å². The van der Waals surface area contributed by atoms with Crippen molar-refractivity contribution in [3.05, 3.63) is 30.3 Å². The Kier molecular flexibility index (Phi) is 3.16. The van der Waals surface area contributed by atoms with Crippen molar-refractivity contribution >= 4 is 17.6 Å². The maximum atomic E-state index is 13.0. The van der Waals surface area contributed by atoms with Crippen LogP contribution >= 0.6 is 0 Å². The van der Waals surface area contributed by atoms with E-state index in [0.29, 0.717) is 5.69 Å². The van der Waals surface area contributed by atoms with Crippen molar-refractivity contribution in [2.24, 2.45) is 22.2 Å². The Balaban J connectivity index is 1.95. The van der Waals surface area contributed by atoms with E-state index in [-0.39, 0.29) is 11.8 Å². The SMILES string of the molecule is COC(=O)[C@]12N=NN(c3ccccc3)[C@@]1(C(=O)OC)[C@H]1CC[C@@H]2C1. The van der Waals surface area contributed by atoms with E-state index < -0.39 is 23.0 Å². The molecule has 1 aliphatic heterocycles. The van der Waals surface area contributed by atoms with Gasteiger partial charge in [0.2, 0.25) is 11.1 Å². The van der Waals surface area contributed by atoms with E-state index in [1.54, 1.807) is 5.01 Å². The summed E-state index contributed by atoms with van der Waals surface area (Å²) in [6.07, 6.45) is 2.42. The van der Waals surface area contributed by atoms with Crippen molar-refractivity contribution in [2.75, 3.05) is 19.2 Å². The average Bonchev–Trinajstić information content (AvgIpc) is 3.31. The van der Waals surface area contributed by atoms with Crippen LogP contribution in [0.5, 0.6) is 0 Å². The molecule has 7 heteroatoms. The third-order valence-electron chi connectivity index (χ3n) is 5.82. The highest BCUT2D eigenvalue weighted by atomic mass is 16.5. The van der Waals surface area contributed by atoms with Gasteiger partial charge in [0.05, 0.1) is 19.9 Å². The molecular weight excluding hydrogens is 310 g/mol. The molecule has 0 saturated heterocycles. The number of para-hydroxylation sites is 1. The van der Waals surface area contributed by atoms with Gasteiger partial charge in [-0.25, -0.2) is 14.6 Å². The number of nitrogens with zero attached hydrogens (tertiary/aromatic N) is 3. The normalized spacial score (nSPS) is 35.8. The quantitative estimate of drug-likeness (QED) is 0.794. The zero-order valence-electron chi connectivity index (χ0n) is 13.6. The van der Waals surface area contributed by atoms with E-state index >= 15 is 0 Å². The van der Waals surface area contributed by atoms with Gasteiger partial charge in [-0.05, 0) is 37.3 Å². The van der Waals surface area contributed by atoms with Crippen LogP contribution in [0.3, 0.4) is 0 Å². The highest BCUT2D eigenvalue weighted by Crippen LogP contribution is 2.65. The molecule has 0 unspecified atom stereocenters. The molecule has 1 aromatic carbocycles. The minimum Gasteiger partial charge on any atom is -0.467 e. The molecule has 0 N–H and O–H groups in total. The minimum atomic E-state index is -1.33. The van der Waals surface area contributed by atoms with Gasteiger partial charge in [0.1, 0.15) is 0 Å². The molecule has 7 nitrogen and oxygen atoms in total. The van der Waals surface area contributed by atoms with Gasteiger partial charge >= 0.3 is 11.9 Å². The van der Waals surface area contributed by atoms with Crippen LogP contribution in [0.1, 0.15) is 19.3 Å². The lowest BCUT2D eigenvalue weighted by molar-refractivity contribution is -0.163. The van der Waals surface area contributed by atoms with Crippen molar-refractivity contribution in [3.63, 3.8) is 0 Å². The maximum absolute atomic E-state index is 13.0. The van der Waals surface area contributed by atoms with E-state index in [1.807, 2.05) is 30.3 Å². The van der Waals surface area contributed by atoms with Gasteiger partial charge in [-0.3, -0.25) is 0 Å². The molecule has 2 aliphatic carbocycles. The van der Waals surface area contributed by atoms with Crippen LogP contribution in [0.25, 0.3) is 0 Å². The largest absolute Gasteiger partial charge is 0.467 e. The molecule has 4 atom stereocenters. The summed E-state index contributed by atoms with van der Waals surface area (Å²) >= 11 is 0. The number of carbonyl (C=O) groups excluding carboxylic acids is 2. The Morgan fingerprint density at radius 1 is 1.08 bits per heavy atom. The van der Waals surface area contributed by atoms with E-state index in [1.165, 1.54) is 14.2 Å². The molecule has 24 heavy (non-hydrogen) atoms. The van der Waals surface area contributed by atoms with Crippen LogP contribution in [-0.2, 0) is 19.1 Å². The van der Waals surface area contributed by atoms with Gasteiger partial charge in [0.15, 0.2) is 0 Å². The molecule has 3 aliphatic rings. The lowest BCUT2D eigenvalue weighted by Gasteiger charge is -2.44. The molecule has 2 bridgehead atoms. The predicted octanol–water partition coefficient (Wildman–Crippen LogP) is 2.13. The Morgan fingerprint density at radius 2 is 1.75 bits per heavy atom. The molecule has 0 radical (unpaired) electrons. The van der Waals surface area contributed by atoms with Gasteiger partial charge in [-0.2, -0.15) is 0 Å². The van der Waals surface area contributed by atoms with Gasteiger partial charge in [-0.15, -0.1) is 5.11 Å². The van der Waals surface area contributed by atoms with Crippen molar-refractivity contribution in [2.45, 2.75) is 30.3 Å². The molecule has 2 fully saturated rings. The van der Waals surface area contributed by atoms with Gasteiger partial charge in [0.25, 0.3) is 0 Å². The standard InChI is InChI=1S/C17H19N3O4/c1-23-14(21)16-11-8-9-12(10-11)17(16,15(22)24-2)20(19-18-16)13-6-4-3-5-7-13/h3-7,11-12H,8-10H2,1-2H3/t11-,12+,16+,17-/m1/s1. The molecule has 0 spiro atoms. The highest BCUT2D eigenvalue weighted by Gasteiger charge is 2.82. The number of esters is 2. The second-order valence-electron chi connectivity index (χ2n) is 6.56. The van der Waals surface area contributed by atoms with Gasteiger partial charge in [-0.1, -0.05) is 23.4 Å². The summed E-state index contributed by atoms with van der Waals surface area (Å²) in [5, 5.41) is 10.2. The number of benzene rings is 1. The van der Waals surface area contributed by atoms with Gasteiger partial charge < -0.3 is 9.47 Å². The number of methoxy groups -OCH3 is 2. The fourth-order valence-electron chi connectivity index (χ4n) is 4.95. The molecule has 1 heterocycles. The average molecular weight is 329 g/mol. The number of rotatable bonds is 3. The number of hydrogen-bond donors (Lipinski definition) is 0. The smallest absolute Gasteiger partial charge is 0.339 e. The molecule has 1 aromatic rings. The molecular formula is C17H19N3O4. The summed E-state index contributed by atoms with van der Waals surface area (Å²) in [7, 11) is 2.67. The Labute approximate surface area is 139 Å². The third kappa shape index (κ3) is 1.48. The van der Waals surface area contributed by atoms with Crippen LogP contribution in [0.15, 0.2) is 40.7 Å². The van der Waals surface area contributed by atoms with Crippen LogP contribution < -0.4 is 5.01 Å². The third-order valence-corrected chi connectivity index (χ3v) is 5.82. The number of fused-ring (bicyclic) bond motifs is 5. The number of anilines is 1. The monoisotopic (exact) mass is 329 g/mol. The zero-order valence-corrected chi connectivity index (χ0v) is 13.6. The van der Waals surface area contributed by atoms with Crippen LogP contribution in [0.4, 0.5) is 5.69 Å². The molecule has 0 aromatic heterocycles. The first-order chi connectivity index (χ1) is 11.6. The summed E-state index contributed by atoms with van der Waals surface area (Å²) in [5.74, 6) is -1.10. The Hall–Kier alpha value is -2.44. The first kappa shape index (κ1) is 15.1. The van der Waals surface area contributed by atoms with E-state index in [0.717, 1.165) is 19.3 Å². The Bertz CT molecular complexity index is 722. The van der Waals surface area contributed by atoms with Crippen molar-refractivity contribution in [1.29, 1.82) is 0 Å². The van der Waals surface area contributed by atoms with E-state index in [4.69, 9.17) is 9.47 Å². The number of hydrogen-bond acceptors (Lipinski definition) is 7. The van der Waals surface area contributed by atoms with Crippen LogP contribution in [-0.4, -0.2) is 37.2 Å². The topological polar surface area (TPSA) is 80.6 Å². The fourth-order valence-corrected chi connectivity index (χ4v) is 4.95. The summed E-state index contributed by atoms with van der Waals surface area (Å²) in [6, 6.07) is 9.31.